The fourth-order valence-corrected chi connectivity index (χ4v) is 2.22. The number of rotatable bonds is 4. The SMILES string of the molecule is O=C(O)C(F)(F)F.O=c1ccccn1C/C=C/c1ccc(-c2ccc(F)cc2)cn1. The van der Waals surface area contributed by atoms with Crippen LogP contribution in [0.5, 0.6) is 0 Å². The van der Waals surface area contributed by atoms with E-state index in [2.05, 4.69) is 4.98 Å². The maximum Gasteiger partial charge on any atom is 0.490 e. The van der Waals surface area contributed by atoms with Crippen LogP contribution in [0.25, 0.3) is 17.2 Å². The first-order valence-corrected chi connectivity index (χ1v) is 8.51. The highest BCUT2D eigenvalue weighted by atomic mass is 19.4. The Labute approximate surface area is 168 Å². The molecule has 3 rings (SSSR count). The van der Waals surface area contributed by atoms with Gasteiger partial charge in [-0.25, -0.2) is 9.18 Å². The summed E-state index contributed by atoms with van der Waals surface area (Å²) in [6.45, 7) is 0.501. The molecule has 156 valence electrons. The topological polar surface area (TPSA) is 72.2 Å². The third kappa shape index (κ3) is 7.01. The van der Waals surface area contributed by atoms with Crippen LogP contribution < -0.4 is 5.56 Å². The number of carbonyl (C=O) groups is 1. The van der Waals surface area contributed by atoms with Gasteiger partial charge in [-0.2, -0.15) is 13.2 Å². The summed E-state index contributed by atoms with van der Waals surface area (Å²) in [4.78, 5) is 24.8. The number of allylic oxidation sites excluding steroid dienone is 1. The summed E-state index contributed by atoms with van der Waals surface area (Å²) in [5.74, 6) is -3.01. The van der Waals surface area contributed by atoms with E-state index in [1.165, 1.54) is 18.2 Å². The number of alkyl halides is 3. The van der Waals surface area contributed by atoms with E-state index in [0.29, 0.717) is 6.54 Å². The zero-order valence-electron chi connectivity index (χ0n) is 15.4. The summed E-state index contributed by atoms with van der Waals surface area (Å²) in [7, 11) is 0. The Morgan fingerprint density at radius 1 is 1.03 bits per heavy atom. The summed E-state index contributed by atoms with van der Waals surface area (Å²) in [5.41, 5.74) is 2.63. The van der Waals surface area contributed by atoms with E-state index in [0.717, 1.165) is 16.8 Å². The number of hydrogen-bond donors (Lipinski definition) is 1. The lowest BCUT2D eigenvalue weighted by atomic mass is 10.1. The minimum absolute atomic E-state index is 0.0308. The van der Waals surface area contributed by atoms with E-state index in [-0.39, 0.29) is 11.4 Å². The van der Waals surface area contributed by atoms with Crippen molar-refractivity contribution in [3.63, 3.8) is 0 Å². The van der Waals surface area contributed by atoms with Gasteiger partial charge in [0.15, 0.2) is 0 Å². The number of carboxylic acids is 1. The van der Waals surface area contributed by atoms with E-state index < -0.39 is 12.1 Å². The lowest BCUT2D eigenvalue weighted by Crippen LogP contribution is -2.21. The van der Waals surface area contributed by atoms with Gasteiger partial charge in [-0.15, -0.1) is 0 Å². The van der Waals surface area contributed by atoms with Crippen LogP contribution in [0.2, 0.25) is 0 Å². The number of nitrogens with zero attached hydrogens (tertiary/aromatic N) is 2. The largest absolute Gasteiger partial charge is 0.490 e. The molecule has 9 heteroatoms. The molecule has 1 N–H and O–H groups in total. The van der Waals surface area contributed by atoms with E-state index in [1.54, 1.807) is 35.2 Å². The number of aliphatic carboxylic acids is 1. The Bertz CT molecular complexity index is 1060. The van der Waals surface area contributed by atoms with Crippen molar-refractivity contribution >= 4 is 12.0 Å². The second-order valence-electron chi connectivity index (χ2n) is 5.88. The molecule has 30 heavy (non-hydrogen) atoms. The molecule has 0 radical (unpaired) electrons. The molecular formula is C21H16F4N2O3. The monoisotopic (exact) mass is 420 g/mol. The molecule has 0 aliphatic rings. The van der Waals surface area contributed by atoms with Crippen molar-refractivity contribution in [3.8, 4) is 11.1 Å². The van der Waals surface area contributed by atoms with E-state index in [1.807, 2.05) is 30.4 Å². The number of benzene rings is 1. The fraction of sp³-hybridized carbons (Fsp3) is 0.0952. The molecule has 0 saturated carbocycles. The molecule has 0 saturated heterocycles. The van der Waals surface area contributed by atoms with Gasteiger partial charge in [0.25, 0.3) is 5.56 Å². The summed E-state index contributed by atoms with van der Waals surface area (Å²) in [5, 5.41) is 7.12. The van der Waals surface area contributed by atoms with E-state index >= 15 is 0 Å². The smallest absolute Gasteiger partial charge is 0.475 e. The zero-order chi connectivity index (χ0) is 22.1. The molecule has 0 amide bonds. The summed E-state index contributed by atoms with van der Waals surface area (Å²) in [6.07, 6.45) is 2.18. The third-order valence-corrected chi connectivity index (χ3v) is 3.70. The minimum Gasteiger partial charge on any atom is -0.475 e. The molecule has 0 atom stereocenters. The normalized spacial score (nSPS) is 11.1. The molecule has 3 aromatic rings. The highest BCUT2D eigenvalue weighted by molar-refractivity contribution is 5.73. The zero-order valence-corrected chi connectivity index (χ0v) is 15.4. The predicted molar refractivity (Wildman–Crippen MR) is 103 cm³/mol. The highest BCUT2D eigenvalue weighted by Gasteiger charge is 2.38. The van der Waals surface area contributed by atoms with Gasteiger partial charge in [0.05, 0.1) is 5.69 Å². The second-order valence-corrected chi connectivity index (χ2v) is 5.88. The maximum atomic E-state index is 12.9. The van der Waals surface area contributed by atoms with Gasteiger partial charge < -0.3 is 9.67 Å². The van der Waals surface area contributed by atoms with E-state index in [4.69, 9.17) is 9.90 Å². The van der Waals surface area contributed by atoms with Crippen molar-refractivity contribution in [1.29, 1.82) is 0 Å². The summed E-state index contributed by atoms with van der Waals surface area (Å²) in [6, 6.07) is 15.2. The van der Waals surface area contributed by atoms with Gasteiger partial charge >= 0.3 is 12.1 Å². The van der Waals surface area contributed by atoms with Crippen molar-refractivity contribution in [1.82, 2.24) is 9.55 Å². The van der Waals surface area contributed by atoms with Gasteiger partial charge in [-0.1, -0.05) is 30.3 Å². The Morgan fingerprint density at radius 3 is 2.20 bits per heavy atom. The number of pyridine rings is 2. The first-order chi connectivity index (χ1) is 14.2. The Hall–Kier alpha value is -3.75. The third-order valence-electron chi connectivity index (χ3n) is 3.70. The standard InChI is InChI=1S/C19H15FN2O.C2HF3O2/c20-17-9-6-15(7-10-17)16-8-11-18(21-14-16)4-3-13-22-12-2-1-5-19(22)23;3-2(4,5)1(6)7/h1-12,14H,13H2;(H,6,7)/b4-3+;. The summed E-state index contributed by atoms with van der Waals surface area (Å²) >= 11 is 0. The molecule has 1 aromatic carbocycles. The molecule has 0 unspecified atom stereocenters. The van der Waals surface area contributed by atoms with Gasteiger partial charge in [0.1, 0.15) is 5.82 Å². The molecule has 0 fully saturated rings. The number of halogens is 4. The lowest BCUT2D eigenvalue weighted by molar-refractivity contribution is -0.192. The van der Waals surface area contributed by atoms with Crippen LogP contribution >= 0.6 is 0 Å². The van der Waals surface area contributed by atoms with Crippen LogP contribution in [0, 0.1) is 5.82 Å². The van der Waals surface area contributed by atoms with Crippen LogP contribution in [0.4, 0.5) is 17.6 Å². The first kappa shape index (κ1) is 22.5. The van der Waals surface area contributed by atoms with Crippen molar-refractivity contribution in [2.75, 3.05) is 0 Å². The van der Waals surface area contributed by atoms with Crippen molar-refractivity contribution in [3.05, 3.63) is 94.9 Å². The quantitative estimate of drug-likeness (QED) is 0.636. The van der Waals surface area contributed by atoms with Gasteiger partial charge in [0, 0.05) is 30.6 Å². The Kier molecular flexibility index (Phi) is 7.62. The van der Waals surface area contributed by atoms with Crippen LogP contribution in [-0.2, 0) is 11.3 Å². The number of carboxylic acid groups (broad SMARTS) is 1. The molecule has 0 aliphatic carbocycles. The molecule has 0 spiro atoms. The number of hydrogen-bond acceptors (Lipinski definition) is 3. The van der Waals surface area contributed by atoms with Crippen molar-refractivity contribution in [2.24, 2.45) is 0 Å². The molecule has 5 nitrogen and oxygen atoms in total. The fourth-order valence-electron chi connectivity index (χ4n) is 2.22. The molecule has 0 aliphatic heterocycles. The average Bonchev–Trinajstić information content (AvgIpc) is 2.70. The van der Waals surface area contributed by atoms with Gasteiger partial charge in [-0.3, -0.25) is 9.78 Å². The van der Waals surface area contributed by atoms with E-state index in [9.17, 15) is 22.4 Å². The second kappa shape index (κ2) is 10.1. The van der Waals surface area contributed by atoms with Crippen molar-refractivity contribution < 1.29 is 27.5 Å². The average molecular weight is 420 g/mol. The minimum atomic E-state index is -5.08. The van der Waals surface area contributed by atoms with Crippen LogP contribution in [-0.4, -0.2) is 26.8 Å². The van der Waals surface area contributed by atoms with Crippen LogP contribution in [0.3, 0.4) is 0 Å². The van der Waals surface area contributed by atoms with Gasteiger partial charge in [0.2, 0.25) is 0 Å². The highest BCUT2D eigenvalue weighted by Crippen LogP contribution is 2.19. The predicted octanol–water partition coefficient (Wildman–Crippen LogP) is 4.40. The first-order valence-electron chi connectivity index (χ1n) is 8.51. The van der Waals surface area contributed by atoms with Crippen LogP contribution in [0.15, 0.2) is 77.9 Å². The van der Waals surface area contributed by atoms with Crippen molar-refractivity contribution in [2.45, 2.75) is 12.7 Å². The lowest BCUT2D eigenvalue weighted by Gasteiger charge is -2.02. The Balaban J connectivity index is 0.000000396. The maximum absolute atomic E-state index is 12.9. The molecule has 2 heterocycles. The number of aromatic nitrogens is 2. The molecular weight excluding hydrogens is 404 g/mol. The Morgan fingerprint density at radius 2 is 1.67 bits per heavy atom. The molecule has 2 aromatic heterocycles. The molecule has 0 bridgehead atoms. The summed E-state index contributed by atoms with van der Waals surface area (Å²) < 4.78 is 46.3. The van der Waals surface area contributed by atoms with Gasteiger partial charge in [-0.05, 0) is 35.9 Å². The van der Waals surface area contributed by atoms with Crippen LogP contribution in [0.1, 0.15) is 5.69 Å².